The van der Waals surface area contributed by atoms with Crippen molar-refractivity contribution in [1.82, 2.24) is 4.57 Å². The van der Waals surface area contributed by atoms with Gasteiger partial charge < -0.3 is 14.4 Å². The van der Waals surface area contributed by atoms with Crippen molar-refractivity contribution in [3.05, 3.63) is 45.8 Å². The van der Waals surface area contributed by atoms with Crippen LogP contribution < -0.4 is 0 Å². The molecule has 1 fully saturated rings. The van der Waals surface area contributed by atoms with Crippen LogP contribution in [0.5, 0.6) is 0 Å². The summed E-state index contributed by atoms with van der Waals surface area (Å²) >= 11 is 7.49. The summed E-state index contributed by atoms with van der Waals surface area (Å²) in [6.07, 6.45) is 6.01. The molecular weight excluding hydrogens is 382 g/mol. The lowest BCUT2D eigenvalue weighted by molar-refractivity contribution is 0.0702. The van der Waals surface area contributed by atoms with Gasteiger partial charge in [-0.1, -0.05) is 43.0 Å². The number of hydrogen-bond acceptors (Lipinski definition) is 3. The topological polar surface area (TPSA) is 51.5 Å². The van der Waals surface area contributed by atoms with E-state index in [9.17, 15) is 9.90 Å². The van der Waals surface area contributed by atoms with Crippen LogP contribution in [0.3, 0.4) is 0 Å². The summed E-state index contributed by atoms with van der Waals surface area (Å²) in [6.45, 7) is 0.386. The predicted molar refractivity (Wildman–Crippen MR) is 110 cm³/mol. The van der Waals surface area contributed by atoms with Gasteiger partial charge in [0.1, 0.15) is 11.6 Å². The number of halogens is 1. The zero-order valence-corrected chi connectivity index (χ0v) is 16.8. The van der Waals surface area contributed by atoms with E-state index in [1.165, 1.54) is 36.2 Å². The van der Waals surface area contributed by atoms with Gasteiger partial charge in [0, 0.05) is 12.1 Å². The number of aromatic carboxylic acids is 1. The number of rotatable bonds is 5. The Hall–Kier alpha value is -1.82. The van der Waals surface area contributed by atoms with Crippen LogP contribution in [0, 0.1) is 0 Å². The van der Waals surface area contributed by atoms with Crippen LogP contribution in [0.25, 0.3) is 21.5 Å². The number of carboxylic acids is 1. The number of nitrogens with zero attached hydrogens (tertiary/aromatic N) is 1. The first-order chi connectivity index (χ1) is 13.1. The predicted octanol–water partition coefficient (Wildman–Crippen LogP) is 6.37. The number of thiophene rings is 1. The standard InChI is InChI=1S/C21H22ClNO3S/c1-26-12-23-16-11-17(21(24)25)27-20(16)18(13-5-3-2-4-6-13)19(23)14-7-9-15(22)10-8-14/h7-11,13H,2-6,12H2,1H3,(H,24,25). The molecule has 27 heavy (non-hydrogen) atoms. The second-order valence-corrected chi connectivity index (χ2v) is 8.57. The van der Waals surface area contributed by atoms with E-state index < -0.39 is 5.97 Å². The maximum Gasteiger partial charge on any atom is 0.345 e. The number of methoxy groups -OCH3 is 1. The van der Waals surface area contributed by atoms with Gasteiger partial charge in [-0.15, -0.1) is 11.3 Å². The van der Waals surface area contributed by atoms with E-state index in [4.69, 9.17) is 16.3 Å². The summed E-state index contributed by atoms with van der Waals surface area (Å²) in [4.78, 5) is 12.0. The Morgan fingerprint density at radius 2 is 1.96 bits per heavy atom. The number of fused-ring (bicyclic) bond motifs is 1. The Morgan fingerprint density at radius 1 is 1.26 bits per heavy atom. The van der Waals surface area contributed by atoms with Gasteiger partial charge >= 0.3 is 5.97 Å². The quantitative estimate of drug-likeness (QED) is 0.538. The second kappa shape index (κ2) is 7.66. The second-order valence-electron chi connectivity index (χ2n) is 7.08. The summed E-state index contributed by atoms with van der Waals surface area (Å²) < 4.78 is 8.69. The third-order valence-electron chi connectivity index (χ3n) is 5.37. The highest BCUT2D eigenvalue weighted by molar-refractivity contribution is 7.21. The molecule has 4 nitrogen and oxygen atoms in total. The van der Waals surface area contributed by atoms with E-state index >= 15 is 0 Å². The molecule has 0 saturated heterocycles. The minimum atomic E-state index is -0.872. The monoisotopic (exact) mass is 403 g/mol. The molecule has 142 valence electrons. The highest BCUT2D eigenvalue weighted by Gasteiger charge is 2.28. The summed E-state index contributed by atoms with van der Waals surface area (Å²) in [5.41, 5.74) is 4.46. The normalized spacial score (nSPS) is 15.5. The number of ether oxygens (including phenoxy) is 1. The lowest BCUT2D eigenvalue weighted by atomic mass is 9.83. The lowest BCUT2D eigenvalue weighted by Crippen LogP contribution is -2.08. The van der Waals surface area contributed by atoms with Crippen molar-refractivity contribution in [3.8, 4) is 11.3 Å². The molecule has 3 aromatic rings. The highest BCUT2D eigenvalue weighted by Crippen LogP contribution is 2.46. The molecule has 1 aliphatic rings. The first-order valence-corrected chi connectivity index (χ1v) is 10.4. The van der Waals surface area contributed by atoms with Crippen molar-refractivity contribution < 1.29 is 14.6 Å². The Morgan fingerprint density at radius 3 is 2.59 bits per heavy atom. The van der Waals surface area contributed by atoms with Crippen molar-refractivity contribution in [3.63, 3.8) is 0 Å². The number of carbonyl (C=O) groups is 1. The van der Waals surface area contributed by atoms with Crippen LogP contribution in [0.2, 0.25) is 5.02 Å². The maximum absolute atomic E-state index is 11.6. The lowest BCUT2D eigenvalue weighted by Gasteiger charge is -2.23. The first-order valence-electron chi connectivity index (χ1n) is 9.24. The fourth-order valence-electron chi connectivity index (χ4n) is 4.21. The fraction of sp³-hybridized carbons (Fsp3) is 0.381. The minimum Gasteiger partial charge on any atom is -0.477 e. The minimum absolute atomic E-state index is 0.379. The fourth-order valence-corrected chi connectivity index (χ4v) is 5.46. The van der Waals surface area contributed by atoms with Gasteiger partial charge in [-0.2, -0.15) is 0 Å². The van der Waals surface area contributed by atoms with Gasteiger partial charge in [0.25, 0.3) is 0 Å². The molecule has 0 aliphatic heterocycles. The van der Waals surface area contributed by atoms with Crippen molar-refractivity contribution in [1.29, 1.82) is 0 Å². The smallest absolute Gasteiger partial charge is 0.345 e. The van der Waals surface area contributed by atoms with Crippen molar-refractivity contribution >= 4 is 39.1 Å². The van der Waals surface area contributed by atoms with E-state index in [0.717, 1.165) is 34.3 Å². The highest BCUT2D eigenvalue weighted by atomic mass is 35.5. The summed E-state index contributed by atoms with van der Waals surface area (Å²) in [7, 11) is 1.67. The van der Waals surface area contributed by atoms with Crippen LogP contribution >= 0.6 is 22.9 Å². The van der Waals surface area contributed by atoms with Gasteiger partial charge in [-0.25, -0.2) is 4.79 Å². The van der Waals surface area contributed by atoms with Crippen LogP contribution in [0.4, 0.5) is 0 Å². The number of hydrogen-bond donors (Lipinski definition) is 1. The molecule has 1 aromatic carbocycles. The van der Waals surface area contributed by atoms with Gasteiger partial charge in [-0.05, 0) is 48.1 Å². The van der Waals surface area contributed by atoms with Crippen LogP contribution in [0.1, 0.15) is 53.3 Å². The molecule has 1 N–H and O–H groups in total. The molecular formula is C21H22ClNO3S. The van der Waals surface area contributed by atoms with Crippen molar-refractivity contribution in [2.45, 2.75) is 44.8 Å². The zero-order chi connectivity index (χ0) is 19.0. The Balaban J connectivity index is 1.99. The molecule has 1 saturated carbocycles. The van der Waals surface area contributed by atoms with E-state index in [2.05, 4.69) is 4.57 Å². The van der Waals surface area contributed by atoms with Crippen LogP contribution in [-0.2, 0) is 11.5 Å². The van der Waals surface area contributed by atoms with Gasteiger partial charge in [0.2, 0.25) is 0 Å². The molecule has 0 amide bonds. The summed E-state index contributed by atoms with van der Waals surface area (Å²) in [5.74, 6) is -0.423. The average molecular weight is 404 g/mol. The molecule has 1 aliphatic carbocycles. The maximum atomic E-state index is 11.6. The molecule has 6 heteroatoms. The van der Waals surface area contributed by atoms with Gasteiger partial charge in [0.05, 0.1) is 15.9 Å². The van der Waals surface area contributed by atoms with E-state index in [1.807, 2.05) is 24.3 Å². The SMILES string of the molecule is COCn1c(-c2ccc(Cl)cc2)c(C2CCCCC2)c2sc(C(=O)O)cc21. The molecule has 0 unspecified atom stereocenters. The van der Waals surface area contributed by atoms with Gasteiger partial charge in [0.15, 0.2) is 0 Å². The van der Waals surface area contributed by atoms with Crippen LogP contribution in [-0.4, -0.2) is 22.8 Å². The van der Waals surface area contributed by atoms with Crippen molar-refractivity contribution in [2.24, 2.45) is 0 Å². The molecule has 2 aromatic heterocycles. The first kappa shape index (κ1) is 18.5. The van der Waals surface area contributed by atoms with Gasteiger partial charge in [-0.3, -0.25) is 0 Å². The largest absolute Gasteiger partial charge is 0.477 e. The molecule has 0 radical (unpaired) electrons. The average Bonchev–Trinajstić information content (AvgIpc) is 3.22. The van der Waals surface area contributed by atoms with E-state index in [-0.39, 0.29) is 0 Å². The third-order valence-corrected chi connectivity index (χ3v) is 6.77. The third kappa shape index (κ3) is 3.40. The Kier molecular flexibility index (Phi) is 5.26. The zero-order valence-electron chi connectivity index (χ0n) is 15.2. The van der Waals surface area contributed by atoms with Crippen molar-refractivity contribution in [2.75, 3.05) is 7.11 Å². The molecule has 4 rings (SSSR count). The number of benzene rings is 1. The summed E-state index contributed by atoms with van der Waals surface area (Å²) in [6, 6.07) is 9.67. The Bertz CT molecular complexity index is 968. The molecule has 0 spiro atoms. The Labute approximate surface area is 167 Å². The number of aromatic nitrogens is 1. The molecule has 0 bridgehead atoms. The summed E-state index contributed by atoms with van der Waals surface area (Å²) in [5, 5.41) is 10.2. The van der Waals surface area contributed by atoms with E-state index in [0.29, 0.717) is 22.5 Å². The van der Waals surface area contributed by atoms with Crippen LogP contribution in [0.15, 0.2) is 30.3 Å². The number of carboxylic acid groups (broad SMARTS) is 1. The van der Waals surface area contributed by atoms with E-state index in [1.54, 1.807) is 13.2 Å². The molecule has 2 heterocycles. The molecule has 0 atom stereocenters.